The van der Waals surface area contributed by atoms with E-state index in [4.69, 9.17) is 21.1 Å². The Morgan fingerprint density at radius 3 is 2.71 bits per heavy atom. The number of benzene rings is 1. The number of hydrogen-bond acceptors (Lipinski definition) is 5. The molecule has 0 saturated carbocycles. The van der Waals surface area contributed by atoms with Gasteiger partial charge >= 0.3 is 0 Å². The Balaban J connectivity index is 2.07. The van der Waals surface area contributed by atoms with Crippen molar-refractivity contribution in [2.45, 2.75) is 12.5 Å². The predicted molar refractivity (Wildman–Crippen MR) is 99.8 cm³/mol. The molecule has 130 valence electrons. The van der Waals surface area contributed by atoms with Gasteiger partial charge in [0.05, 0.1) is 24.6 Å². The lowest BCUT2D eigenvalue weighted by Gasteiger charge is -2.31. The van der Waals surface area contributed by atoms with Crippen molar-refractivity contribution < 1.29 is 9.47 Å². The van der Waals surface area contributed by atoms with E-state index in [2.05, 4.69) is 22.3 Å². The molecular formula is C18H23ClN2O2S. The zero-order chi connectivity index (χ0) is 16.9. The van der Waals surface area contributed by atoms with E-state index in [-0.39, 0.29) is 6.04 Å². The lowest BCUT2D eigenvalue weighted by molar-refractivity contribution is 0.237. The van der Waals surface area contributed by atoms with E-state index in [1.165, 1.54) is 4.88 Å². The summed E-state index contributed by atoms with van der Waals surface area (Å²) in [4.78, 5) is 3.73. The number of nitrogens with zero attached hydrogens (tertiary/aromatic N) is 1. The lowest BCUT2D eigenvalue weighted by Crippen LogP contribution is -2.32. The van der Waals surface area contributed by atoms with Crippen LogP contribution in [0.3, 0.4) is 0 Å². The highest BCUT2D eigenvalue weighted by Gasteiger charge is 2.28. The Hall–Kier alpha value is -1.27. The van der Waals surface area contributed by atoms with E-state index in [0.29, 0.717) is 0 Å². The maximum absolute atomic E-state index is 6.23. The van der Waals surface area contributed by atoms with Crippen LogP contribution in [0.25, 0.3) is 0 Å². The van der Waals surface area contributed by atoms with E-state index < -0.39 is 0 Å². The Labute approximate surface area is 152 Å². The normalized spacial score (nSPS) is 17.3. The molecule has 1 saturated heterocycles. The van der Waals surface area contributed by atoms with Gasteiger partial charge in [0.1, 0.15) is 0 Å². The van der Waals surface area contributed by atoms with E-state index in [0.717, 1.165) is 54.0 Å². The molecule has 1 unspecified atom stereocenters. The second-order valence-electron chi connectivity index (χ2n) is 5.77. The summed E-state index contributed by atoms with van der Waals surface area (Å²) in [6.07, 6.45) is 1.13. The Kier molecular flexibility index (Phi) is 6.00. The van der Waals surface area contributed by atoms with Crippen molar-refractivity contribution in [2.24, 2.45) is 0 Å². The molecule has 1 fully saturated rings. The van der Waals surface area contributed by atoms with Crippen molar-refractivity contribution in [3.8, 4) is 11.5 Å². The van der Waals surface area contributed by atoms with Gasteiger partial charge in [-0.3, -0.25) is 4.90 Å². The van der Waals surface area contributed by atoms with Crippen LogP contribution in [0, 0.1) is 0 Å². The van der Waals surface area contributed by atoms with Crippen LogP contribution >= 0.6 is 22.9 Å². The summed E-state index contributed by atoms with van der Waals surface area (Å²) < 4.78 is 12.0. The average molecular weight is 367 g/mol. The van der Waals surface area contributed by atoms with Crippen LogP contribution < -0.4 is 14.8 Å². The molecule has 1 aliphatic heterocycles. The molecule has 2 aromatic rings. The van der Waals surface area contributed by atoms with Gasteiger partial charge in [0.2, 0.25) is 0 Å². The summed E-state index contributed by atoms with van der Waals surface area (Å²) in [5.74, 6) is 1.56. The number of thiophene rings is 1. The first-order chi connectivity index (χ1) is 11.7. The lowest BCUT2D eigenvalue weighted by atomic mass is 10.0. The molecule has 0 amide bonds. The van der Waals surface area contributed by atoms with Gasteiger partial charge in [-0.05, 0) is 31.2 Å². The summed E-state index contributed by atoms with van der Waals surface area (Å²) in [6, 6.07) is 10.3. The average Bonchev–Trinajstić information content (AvgIpc) is 2.86. The first-order valence-corrected chi connectivity index (χ1v) is 9.35. The number of hydrogen-bond donors (Lipinski definition) is 1. The first kappa shape index (κ1) is 17.5. The Bertz CT molecular complexity index is 669. The molecular weight excluding hydrogens is 344 g/mol. The van der Waals surface area contributed by atoms with E-state index in [9.17, 15) is 0 Å². The molecule has 0 aliphatic carbocycles. The number of nitrogens with one attached hydrogen (secondary N) is 1. The fraction of sp³-hybridized carbons (Fsp3) is 0.444. The molecule has 3 rings (SSSR count). The largest absolute Gasteiger partial charge is 0.493 e. The second-order valence-corrected chi connectivity index (χ2v) is 7.51. The summed E-state index contributed by atoms with van der Waals surface area (Å²) in [6.45, 7) is 4.07. The summed E-state index contributed by atoms with van der Waals surface area (Å²) >= 11 is 7.86. The molecule has 4 nitrogen and oxygen atoms in total. The molecule has 1 aliphatic rings. The minimum atomic E-state index is 0.118. The van der Waals surface area contributed by atoms with Gasteiger partial charge in [0.25, 0.3) is 0 Å². The van der Waals surface area contributed by atoms with E-state index >= 15 is 0 Å². The molecule has 6 heteroatoms. The van der Waals surface area contributed by atoms with Gasteiger partial charge in [-0.25, -0.2) is 0 Å². The Morgan fingerprint density at radius 2 is 2.00 bits per heavy atom. The number of rotatable bonds is 5. The molecule has 2 heterocycles. The molecule has 0 radical (unpaired) electrons. The number of ether oxygens (including phenoxy) is 2. The second kappa shape index (κ2) is 8.21. The van der Waals surface area contributed by atoms with Gasteiger partial charge in [0.15, 0.2) is 11.5 Å². The topological polar surface area (TPSA) is 33.7 Å². The molecule has 1 atom stereocenters. The number of methoxy groups -OCH3 is 2. The van der Waals surface area contributed by atoms with E-state index in [1.54, 1.807) is 25.6 Å². The highest BCUT2D eigenvalue weighted by molar-refractivity contribution is 7.16. The van der Waals surface area contributed by atoms with Crippen molar-refractivity contribution in [1.82, 2.24) is 10.2 Å². The van der Waals surface area contributed by atoms with Crippen LogP contribution in [0.4, 0.5) is 0 Å². The van der Waals surface area contributed by atoms with Crippen LogP contribution in [0.2, 0.25) is 4.34 Å². The molecule has 0 spiro atoms. The predicted octanol–water partition coefficient (Wildman–Crippen LogP) is 3.80. The van der Waals surface area contributed by atoms with Crippen molar-refractivity contribution >= 4 is 22.9 Å². The summed E-state index contributed by atoms with van der Waals surface area (Å²) in [7, 11) is 3.37. The highest BCUT2D eigenvalue weighted by Crippen LogP contribution is 2.42. The molecule has 1 aromatic carbocycles. The molecule has 1 N–H and O–H groups in total. The van der Waals surface area contributed by atoms with Crippen molar-refractivity contribution in [2.75, 3.05) is 40.4 Å². The van der Waals surface area contributed by atoms with Crippen molar-refractivity contribution in [3.63, 3.8) is 0 Å². The third-order valence-corrected chi connectivity index (χ3v) is 5.61. The third kappa shape index (κ3) is 3.70. The number of para-hydroxylation sites is 1. The molecule has 0 bridgehead atoms. The van der Waals surface area contributed by atoms with Crippen LogP contribution in [0.1, 0.15) is 22.9 Å². The van der Waals surface area contributed by atoms with E-state index in [1.807, 2.05) is 18.2 Å². The maximum Gasteiger partial charge on any atom is 0.165 e. The minimum absolute atomic E-state index is 0.118. The van der Waals surface area contributed by atoms with Gasteiger partial charge < -0.3 is 14.8 Å². The smallest absolute Gasteiger partial charge is 0.165 e. The van der Waals surface area contributed by atoms with Crippen molar-refractivity contribution in [3.05, 3.63) is 45.1 Å². The van der Waals surface area contributed by atoms with Gasteiger partial charge in [-0.2, -0.15) is 0 Å². The molecule has 24 heavy (non-hydrogen) atoms. The monoisotopic (exact) mass is 366 g/mol. The first-order valence-electron chi connectivity index (χ1n) is 8.15. The number of halogens is 1. The quantitative estimate of drug-likeness (QED) is 0.872. The summed E-state index contributed by atoms with van der Waals surface area (Å²) in [5.41, 5.74) is 1.12. The fourth-order valence-electron chi connectivity index (χ4n) is 3.26. The van der Waals surface area contributed by atoms with Gasteiger partial charge in [-0.1, -0.05) is 23.7 Å². The third-order valence-electron chi connectivity index (χ3n) is 4.33. The minimum Gasteiger partial charge on any atom is -0.493 e. The zero-order valence-corrected chi connectivity index (χ0v) is 15.6. The van der Waals surface area contributed by atoms with Crippen LogP contribution in [-0.4, -0.2) is 45.3 Å². The SMILES string of the molecule is COc1cccc(C(c2ccc(Cl)s2)N2CCCNCC2)c1OC. The summed E-state index contributed by atoms with van der Waals surface area (Å²) in [5, 5.41) is 3.47. The standard InChI is InChI=1S/C18H23ClN2O2S/c1-22-14-6-3-5-13(18(14)23-2)17(15-7-8-16(19)24-15)21-11-4-9-20-10-12-21/h3,5-8,17,20H,4,9-12H2,1-2H3. The van der Waals surface area contributed by atoms with Gasteiger partial charge in [-0.15, -0.1) is 11.3 Å². The Morgan fingerprint density at radius 1 is 1.12 bits per heavy atom. The fourth-order valence-corrected chi connectivity index (χ4v) is 4.47. The van der Waals surface area contributed by atoms with Crippen molar-refractivity contribution in [1.29, 1.82) is 0 Å². The zero-order valence-electron chi connectivity index (χ0n) is 14.0. The van der Waals surface area contributed by atoms with Gasteiger partial charge in [0, 0.05) is 30.1 Å². The molecule has 1 aromatic heterocycles. The van der Waals surface area contributed by atoms with Crippen LogP contribution in [-0.2, 0) is 0 Å². The van der Waals surface area contributed by atoms with Crippen LogP contribution in [0.5, 0.6) is 11.5 Å². The maximum atomic E-state index is 6.23. The highest BCUT2D eigenvalue weighted by atomic mass is 35.5. The van der Waals surface area contributed by atoms with Crippen LogP contribution in [0.15, 0.2) is 30.3 Å².